The van der Waals surface area contributed by atoms with Gasteiger partial charge < -0.3 is 9.84 Å². The van der Waals surface area contributed by atoms with Crippen LogP contribution in [0.5, 0.6) is 5.75 Å². The fraction of sp³-hybridized carbons (Fsp3) is 0.222. The molecule has 1 N–H and O–H groups in total. The summed E-state index contributed by atoms with van der Waals surface area (Å²) < 4.78 is 17.9. The largest absolute Gasteiger partial charge is 0.493 e. The number of ether oxygens (including phenoxy) is 1. The molecule has 0 radical (unpaired) electrons. The lowest BCUT2D eigenvalue weighted by atomic mass is 10.3. The van der Waals surface area contributed by atoms with E-state index in [1.165, 1.54) is 18.2 Å². The van der Waals surface area contributed by atoms with Crippen molar-refractivity contribution >= 4 is 18.6 Å². The van der Waals surface area contributed by atoms with Crippen molar-refractivity contribution in [2.45, 2.75) is 11.3 Å². The number of rotatable bonds is 4. The van der Waals surface area contributed by atoms with Crippen LogP contribution in [0.4, 0.5) is 4.39 Å². The molecule has 0 spiro atoms. The molecule has 0 bridgehead atoms. The van der Waals surface area contributed by atoms with E-state index < -0.39 is 11.8 Å². The first-order valence-corrected chi connectivity index (χ1v) is 4.37. The maximum absolute atomic E-state index is 12.9. The number of benzene rings is 1. The summed E-state index contributed by atoms with van der Waals surface area (Å²) in [4.78, 5) is 10.4. The number of hydrogen-bond donors (Lipinski definition) is 2. The molecular weight excluding hydrogens is 207 g/mol. The third kappa shape index (κ3) is 3.26. The van der Waals surface area contributed by atoms with E-state index >= 15 is 0 Å². The number of aliphatic carboxylic acids is 1. The van der Waals surface area contributed by atoms with Crippen LogP contribution in [0.15, 0.2) is 23.1 Å². The number of carbonyl (C=O) groups is 1. The van der Waals surface area contributed by atoms with Crippen molar-refractivity contribution < 1.29 is 19.0 Å². The fourth-order valence-electron chi connectivity index (χ4n) is 0.834. The number of hydrogen-bond acceptors (Lipinski definition) is 3. The van der Waals surface area contributed by atoms with E-state index in [2.05, 4.69) is 12.6 Å². The Morgan fingerprint density at radius 1 is 1.57 bits per heavy atom. The average Bonchev–Trinajstić information content (AvgIpc) is 2.10. The highest BCUT2D eigenvalue weighted by atomic mass is 32.1. The van der Waals surface area contributed by atoms with E-state index in [1.54, 1.807) is 0 Å². The Kier molecular flexibility index (Phi) is 3.76. The second-order valence-electron chi connectivity index (χ2n) is 2.61. The molecule has 0 saturated heterocycles. The van der Waals surface area contributed by atoms with Gasteiger partial charge in [-0.15, -0.1) is 12.6 Å². The van der Waals surface area contributed by atoms with E-state index in [0.717, 1.165) is 0 Å². The number of thiol groups is 1. The predicted molar refractivity (Wildman–Crippen MR) is 51.4 cm³/mol. The fourth-order valence-corrected chi connectivity index (χ4v) is 0.973. The molecule has 14 heavy (non-hydrogen) atoms. The van der Waals surface area contributed by atoms with Crippen LogP contribution in [0.3, 0.4) is 0 Å². The van der Waals surface area contributed by atoms with Crippen molar-refractivity contribution in [3.05, 3.63) is 24.0 Å². The molecule has 0 aliphatic rings. The van der Waals surface area contributed by atoms with Crippen molar-refractivity contribution in [1.82, 2.24) is 0 Å². The van der Waals surface area contributed by atoms with Crippen LogP contribution in [0.1, 0.15) is 6.42 Å². The molecule has 0 atom stereocenters. The SMILES string of the molecule is O=C(O)CCOc1ccc(S)c(F)c1. The van der Waals surface area contributed by atoms with Crippen LogP contribution < -0.4 is 4.74 Å². The highest BCUT2D eigenvalue weighted by Gasteiger charge is 2.02. The molecule has 0 heterocycles. The minimum absolute atomic E-state index is 0.0285. The standard InChI is InChI=1S/C9H9FO3S/c10-7-5-6(1-2-8(7)14)13-4-3-9(11)12/h1-2,5,14H,3-4H2,(H,11,12). The van der Waals surface area contributed by atoms with Crippen LogP contribution in [0.25, 0.3) is 0 Å². The summed E-state index contributed by atoms with van der Waals surface area (Å²) in [6.07, 6.45) is -0.107. The lowest BCUT2D eigenvalue weighted by Crippen LogP contribution is -2.04. The topological polar surface area (TPSA) is 46.5 Å². The maximum Gasteiger partial charge on any atom is 0.306 e. The van der Waals surface area contributed by atoms with E-state index in [4.69, 9.17) is 9.84 Å². The molecule has 76 valence electrons. The summed E-state index contributed by atoms with van der Waals surface area (Å²) >= 11 is 3.84. The van der Waals surface area contributed by atoms with Crippen LogP contribution >= 0.6 is 12.6 Å². The van der Waals surface area contributed by atoms with Gasteiger partial charge in [0, 0.05) is 11.0 Å². The molecule has 3 nitrogen and oxygen atoms in total. The Balaban J connectivity index is 2.51. The number of halogens is 1. The van der Waals surface area contributed by atoms with E-state index in [0.29, 0.717) is 5.75 Å². The van der Waals surface area contributed by atoms with Gasteiger partial charge in [0.1, 0.15) is 11.6 Å². The van der Waals surface area contributed by atoms with Gasteiger partial charge in [-0.1, -0.05) is 0 Å². The Morgan fingerprint density at radius 2 is 2.29 bits per heavy atom. The van der Waals surface area contributed by atoms with Crippen LogP contribution in [0.2, 0.25) is 0 Å². The lowest BCUT2D eigenvalue weighted by molar-refractivity contribution is -0.137. The van der Waals surface area contributed by atoms with Crippen LogP contribution in [-0.4, -0.2) is 17.7 Å². The Bertz CT molecular complexity index is 341. The molecule has 0 saturated carbocycles. The molecule has 5 heteroatoms. The first kappa shape index (κ1) is 10.8. The normalized spacial score (nSPS) is 9.86. The summed E-state index contributed by atoms with van der Waals surface area (Å²) in [7, 11) is 0. The minimum atomic E-state index is -0.948. The molecule has 1 rings (SSSR count). The Morgan fingerprint density at radius 3 is 2.86 bits per heavy atom. The Hall–Kier alpha value is -1.23. The molecule has 1 aromatic carbocycles. The predicted octanol–water partition coefficient (Wildman–Crippen LogP) is 1.97. The van der Waals surface area contributed by atoms with E-state index in [1.807, 2.05) is 0 Å². The first-order chi connectivity index (χ1) is 6.59. The molecule has 0 unspecified atom stereocenters. The van der Waals surface area contributed by atoms with Gasteiger partial charge in [0.05, 0.1) is 13.0 Å². The number of carboxylic acid groups (broad SMARTS) is 1. The van der Waals surface area contributed by atoms with Crippen molar-refractivity contribution in [3.8, 4) is 5.75 Å². The second-order valence-corrected chi connectivity index (χ2v) is 3.09. The van der Waals surface area contributed by atoms with Crippen molar-refractivity contribution in [2.24, 2.45) is 0 Å². The highest BCUT2D eigenvalue weighted by molar-refractivity contribution is 7.80. The van der Waals surface area contributed by atoms with Gasteiger partial charge in [-0.2, -0.15) is 0 Å². The maximum atomic E-state index is 12.9. The van der Waals surface area contributed by atoms with Gasteiger partial charge in [0.2, 0.25) is 0 Å². The van der Waals surface area contributed by atoms with Gasteiger partial charge in [-0.25, -0.2) is 4.39 Å². The monoisotopic (exact) mass is 216 g/mol. The van der Waals surface area contributed by atoms with Crippen molar-refractivity contribution in [1.29, 1.82) is 0 Å². The summed E-state index contributed by atoms with van der Waals surface area (Å²) in [5, 5.41) is 8.32. The highest BCUT2D eigenvalue weighted by Crippen LogP contribution is 2.18. The molecule has 0 fully saturated rings. The second kappa shape index (κ2) is 4.85. The molecule has 1 aromatic rings. The zero-order chi connectivity index (χ0) is 10.6. The summed E-state index contributed by atoms with van der Waals surface area (Å²) in [6, 6.07) is 4.16. The minimum Gasteiger partial charge on any atom is -0.493 e. The van der Waals surface area contributed by atoms with Gasteiger partial charge in [0.15, 0.2) is 0 Å². The zero-order valence-corrected chi connectivity index (χ0v) is 8.13. The Labute approximate surface area is 85.9 Å². The third-order valence-electron chi connectivity index (χ3n) is 1.50. The summed E-state index contributed by atoms with van der Waals surface area (Å²) in [5.41, 5.74) is 0. The first-order valence-electron chi connectivity index (χ1n) is 3.92. The van der Waals surface area contributed by atoms with Gasteiger partial charge in [0.25, 0.3) is 0 Å². The molecule has 0 aliphatic heterocycles. The third-order valence-corrected chi connectivity index (χ3v) is 1.87. The lowest BCUT2D eigenvalue weighted by Gasteiger charge is -2.04. The average molecular weight is 216 g/mol. The molecular formula is C9H9FO3S. The summed E-state index contributed by atoms with van der Waals surface area (Å²) in [6.45, 7) is 0.0285. The van der Waals surface area contributed by atoms with Crippen LogP contribution in [-0.2, 0) is 4.79 Å². The van der Waals surface area contributed by atoms with E-state index in [9.17, 15) is 9.18 Å². The van der Waals surface area contributed by atoms with E-state index in [-0.39, 0.29) is 17.9 Å². The van der Waals surface area contributed by atoms with Crippen LogP contribution in [0, 0.1) is 5.82 Å². The smallest absolute Gasteiger partial charge is 0.306 e. The van der Waals surface area contributed by atoms with Gasteiger partial charge in [-0.3, -0.25) is 4.79 Å². The van der Waals surface area contributed by atoms with Gasteiger partial charge in [-0.05, 0) is 12.1 Å². The summed E-state index contributed by atoms with van der Waals surface area (Å²) in [5.74, 6) is -1.13. The molecule has 0 aliphatic carbocycles. The zero-order valence-electron chi connectivity index (χ0n) is 7.24. The van der Waals surface area contributed by atoms with Crippen molar-refractivity contribution in [2.75, 3.05) is 6.61 Å². The van der Waals surface area contributed by atoms with Crippen molar-refractivity contribution in [3.63, 3.8) is 0 Å². The quantitative estimate of drug-likeness (QED) is 0.756. The molecule has 0 amide bonds. The number of carboxylic acids is 1. The molecule has 0 aromatic heterocycles. The van der Waals surface area contributed by atoms with Gasteiger partial charge >= 0.3 is 5.97 Å².